The van der Waals surface area contributed by atoms with Crippen LogP contribution >= 0.6 is 22.9 Å². The van der Waals surface area contributed by atoms with Gasteiger partial charge in [-0.2, -0.15) is 0 Å². The van der Waals surface area contributed by atoms with Gasteiger partial charge in [0.2, 0.25) is 12.6 Å². The summed E-state index contributed by atoms with van der Waals surface area (Å²) in [4.78, 5) is 29.1. The first-order valence-electron chi connectivity index (χ1n) is 8.24. The van der Waals surface area contributed by atoms with Gasteiger partial charge in [-0.25, -0.2) is 9.78 Å². The predicted octanol–water partition coefficient (Wildman–Crippen LogP) is 3.84. The second kappa shape index (κ2) is 7.74. The normalized spacial score (nSPS) is 13.9. The number of nitrogens with zero attached hydrogens (tertiary/aromatic N) is 1. The molecule has 0 spiro atoms. The molecule has 1 aliphatic heterocycles. The third-order valence-electron chi connectivity index (χ3n) is 3.58. The minimum absolute atomic E-state index is 0.0934. The molecule has 0 saturated heterocycles. The van der Waals surface area contributed by atoms with Crippen LogP contribution in [0.2, 0.25) is 5.02 Å². The van der Waals surface area contributed by atoms with E-state index < -0.39 is 17.7 Å². The number of hydrogen-bond donors (Lipinski definition) is 1. The van der Waals surface area contributed by atoms with Gasteiger partial charge in [0, 0.05) is 18.0 Å². The minimum atomic E-state index is -0.859. The van der Waals surface area contributed by atoms with Crippen LogP contribution in [0.3, 0.4) is 0 Å². The van der Waals surface area contributed by atoms with Gasteiger partial charge in [0.1, 0.15) is 11.6 Å². The molecule has 7 nitrogen and oxygen atoms in total. The number of ether oxygens (including phenoxy) is 3. The van der Waals surface area contributed by atoms with Gasteiger partial charge in [-0.1, -0.05) is 11.6 Å². The Morgan fingerprint density at radius 3 is 2.81 bits per heavy atom. The summed E-state index contributed by atoms with van der Waals surface area (Å²) in [6.45, 7) is 5.35. The van der Waals surface area contributed by atoms with Gasteiger partial charge in [-0.05, 0) is 38.5 Å². The number of aromatic nitrogens is 1. The summed E-state index contributed by atoms with van der Waals surface area (Å²) >= 11 is 7.43. The maximum Gasteiger partial charge on any atom is 0.408 e. The maximum atomic E-state index is 12.8. The van der Waals surface area contributed by atoms with Gasteiger partial charge in [-0.15, -0.1) is 11.3 Å². The molecule has 1 N–H and O–H groups in total. The molecule has 1 aromatic carbocycles. The van der Waals surface area contributed by atoms with Gasteiger partial charge < -0.3 is 19.5 Å². The van der Waals surface area contributed by atoms with Crippen LogP contribution in [-0.2, 0) is 11.2 Å². The van der Waals surface area contributed by atoms with Crippen molar-refractivity contribution in [2.24, 2.45) is 0 Å². The summed E-state index contributed by atoms with van der Waals surface area (Å²) in [6.07, 6.45) is 1.07. The van der Waals surface area contributed by atoms with Crippen molar-refractivity contribution >= 4 is 34.8 Å². The lowest BCUT2D eigenvalue weighted by Gasteiger charge is -2.23. The lowest BCUT2D eigenvalue weighted by molar-refractivity contribution is 0.0491. The highest BCUT2D eigenvalue weighted by atomic mass is 35.5. The summed E-state index contributed by atoms with van der Waals surface area (Å²) in [5.41, 5.74) is 0.0381. The first-order chi connectivity index (χ1) is 12.7. The molecule has 0 aliphatic carbocycles. The van der Waals surface area contributed by atoms with Crippen LogP contribution in [0.5, 0.6) is 11.5 Å². The van der Waals surface area contributed by atoms with Crippen molar-refractivity contribution in [1.29, 1.82) is 0 Å². The molecule has 27 heavy (non-hydrogen) atoms. The van der Waals surface area contributed by atoms with Crippen LogP contribution in [0.25, 0.3) is 0 Å². The van der Waals surface area contributed by atoms with Gasteiger partial charge in [0.15, 0.2) is 16.5 Å². The monoisotopic (exact) mass is 410 g/mol. The minimum Gasteiger partial charge on any atom is -0.454 e. The van der Waals surface area contributed by atoms with Crippen molar-refractivity contribution in [3.05, 3.63) is 39.3 Å². The molecule has 3 rings (SSSR count). The van der Waals surface area contributed by atoms with Crippen LogP contribution < -0.4 is 14.8 Å². The Bertz CT molecular complexity index is 848. The number of alkyl carbamates (subject to hydrolysis) is 1. The molecule has 1 unspecified atom stereocenters. The highest BCUT2D eigenvalue weighted by Crippen LogP contribution is 2.40. The third kappa shape index (κ3) is 4.90. The van der Waals surface area contributed by atoms with Crippen LogP contribution in [0.1, 0.15) is 36.1 Å². The average Bonchev–Trinajstić information content (AvgIpc) is 3.23. The fraction of sp³-hybridized carbons (Fsp3) is 0.389. The first-order valence-corrected chi connectivity index (χ1v) is 9.50. The highest BCUT2D eigenvalue weighted by molar-refractivity contribution is 7.11. The van der Waals surface area contributed by atoms with Crippen molar-refractivity contribution < 1.29 is 23.8 Å². The Morgan fingerprint density at radius 2 is 2.15 bits per heavy atom. The number of rotatable bonds is 5. The first kappa shape index (κ1) is 19.4. The van der Waals surface area contributed by atoms with E-state index in [1.165, 1.54) is 11.3 Å². The fourth-order valence-electron chi connectivity index (χ4n) is 2.53. The van der Waals surface area contributed by atoms with E-state index in [1.807, 2.05) is 0 Å². The number of fused-ring (bicyclic) bond motifs is 1. The number of carbonyl (C=O) groups is 2. The standard InChI is InChI=1S/C18H19ClN2O5S/c1-18(2,3)26-17(23)21-12(14(22)16-20-4-5-27-16)7-10-6-11(19)15-13(8-10)24-9-25-15/h4-6,8,12H,7,9H2,1-3H3,(H,21,23). The Kier molecular flexibility index (Phi) is 5.57. The van der Waals surface area contributed by atoms with Crippen molar-refractivity contribution in [2.45, 2.75) is 38.8 Å². The lowest BCUT2D eigenvalue weighted by Crippen LogP contribution is -2.44. The number of ketones is 1. The fourth-order valence-corrected chi connectivity index (χ4v) is 3.45. The van der Waals surface area contributed by atoms with E-state index >= 15 is 0 Å². The zero-order valence-corrected chi connectivity index (χ0v) is 16.6. The van der Waals surface area contributed by atoms with Crippen molar-refractivity contribution in [2.75, 3.05) is 6.79 Å². The van der Waals surface area contributed by atoms with E-state index in [4.69, 9.17) is 25.8 Å². The Hall–Kier alpha value is -2.32. The van der Waals surface area contributed by atoms with Crippen LogP contribution in [0.4, 0.5) is 4.79 Å². The summed E-state index contributed by atoms with van der Waals surface area (Å²) in [7, 11) is 0. The highest BCUT2D eigenvalue weighted by Gasteiger charge is 2.28. The van der Waals surface area contributed by atoms with E-state index in [2.05, 4.69) is 10.3 Å². The number of nitrogens with one attached hydrogen (secondary N) is 1. The molecule has 1 amide bonds. The number of amides is 1. The van der Waals surface area contributed by atoms with Crippen LogP contribution in [0.15, 0.2) is 23.7 Å². The van der Waals surface area contributed by atoms with Gasteiger partial charge in [0.25, 0.3) is 0 Å². The number of Topliss-reactive ketones (excluding diaryl/α,β-unsaturated/α-hetero) is 1. The third-order valence-corrected chi connectivity index (χ3v) is 4.65. The number of carbonyl (C=O) groups excluding carboxylic acids is 2. The molecule has 1 aromatic heterocycles. The molecule has 0 radical (unpaired) electrons. The summed E-state index contributed by atoms with van der Waals surface area (Å²) in [5, 5.41) is 5.04. The molecule has 0 saturated carbocycles. The second-order valence-corrected chi connectivity index (χ2v) is 8.22. The Balaban J connectivity index is 1.82. The molecule has 9 heteroatoms. The second-order valence-electron chi connectivity index (χ2n) is 6.92. The molecule has 0 bridgehead atoms. The van der Waals surface area contributed by atoms with Crippen LogP contribution in [0, 0.1) is 0 Å². The van der Waals surface area contributed by atoms with E-state index in [9.17, 15) is 9.59 Å². The van der Waals surface area contributed by atoms with E-state index in [-0.39, 0.29) is 19.0 Å². The van der Waals surface area contributed by atoms with Gasteiger partial charge in [-0.3, -0.25) is 4.79 Å². The quantitative estimate of drug-likeness (QED) is 0.753. The number of thiazole rings is 1. The van der Waals surface area contributed by atoms with Gasteiger partial charge in [0.05, 0.1) is 5.02 Å². The van der Waals surface area contributed by atoms with Crippen molar-refractivity contribution in [3.8, 4) is 11.5 Å². The Morgan fingerprint density at radius 1 is 1.37 bits per heavy atom. The molecule has 2 heterocycles. The van der Waals surface area contributed by atoms with E-state index in [0.29, 0.717) is 21.5 Å². The summed E-state index contributed by atoms with van der Waals surface area (Å²) < 4.78 is 15.9. The Labute approximate surface area is 165 Å². The molecule has 1 atom stereocenters. The van der Waals surface area contributed by atoms with E-state index in [0.717, 1.165) is 5.56 Å². The lowest BCUT2D eigenvalue weighted by atomic mass is 10.0. The number of halogens is 1. The molecular formula is C18H19ClN2O5S. The smallest absolute Gasteiger partial charge is 0.408 e. The molecule has 0 fully saturated rings. The van der Waals surface area contributed by atoms with E-state index in [1.54, 1.807) is 44.5 Å². The SMILES string of the molecule is CC(C)(C)OC(=O)NC(Cc1cc(Cl)c2c(c1)OCO2)C(=O)c1nccs1. The van der Waals surface area contributed by atoms with Crippen molar-refractivity contribution in [3.63, 3.8) is 0 Å². The number of benzene rings is 1. The summed E-state index contributed by atoms with van der Waals surface area (Å²) in [5.74, 6) is 0.684. The average molecular weight is 411 g/mol. The van der Waals surface area contributed by atoms with Gasteiger partial charge >= 0.3 is 6.09 Å². The zero-order valence-electron chi connectivity index (χ0n) is 15.1. The number of hydrogen-bond acceptors (Lipinski definition) is 7. The zero-order chi connectivity index (χ0) is 19.6. The topological polar surface area (TPSA) is 86.8 Å². The predicted molar refractivity (Wildman–Crippen MR) is 101 cm³/mol. The maximum absolute atomic E-state index is 12.8. The largest absolute Gasteiger partial charge is 0.454 e. The van der Waals surface area contributed by atoms with Crippen molar-refractivity contribution in [1.82, 2.24) is 10.3 Å². The molecule has 144 valence electrons. The molecule has 2 aromatic rings. The molecule has 1 aliphatic rings. The molecular weight excluding hydrogens is 392 g/mol. The summed E-state index contributed by atoms with van der Waals surface area (Å²) in [6, 6.07) is 2.57. The van der Waals surface area contributed by atoms with Crippen LogP contribution in [-0.4, -0.2) is 35.3 Å².